The predicted molar refractivity (Wildman–Crippen MR) is 68.9 cm³/mol. The molecule has 1 aliphatic heterocycles. The topological polar surface area (TPSA) is 9.23 Å². The molecule has 0 N–H and O–H groups in total. The first-order valence-corrected chi connectivity index (χ1v) is 6.50. The van der Waals surface area contributed by atoms with Crippen LogP contribution in [0.5, 0.6) is 0 Å². The summed E-state index contributed by atoms with van der Waals surface area (Å²) in [6.45, 7) is 5.87. The van der Waals surface area contributed by atoms with Gasteiger partial charge in [0.25, 0.3) is 0 Å². The van der Waals surface area contributed by atoms with Crippen molar-refractivity contribution in [1.82, 2.24) is 0 Å². The van der Waals surface area contributed by atoms with Gasteiger partial charge in [0.05, 0.1) is 18.0 Å². The minimum Gasteiger partial charge on any atom is -0.378 e. The van der Waals surface area contributed by atoms with Gasteiger partial charge in [-0.1, -0.05) is 26.0 Å². The Morgan fingerprint density at radius 3 is 2.27 bits per heavy atom. The van der Waals surface area contributed by atoms with Gasteiger partial charge in [0, 0.05) is 10.1 Å². The molecular weight excluding hydrogens is 224 g/mol. The van der Waals surface area contributed by atoms with E-state index in [9.17, 15) is 0 Å². The molecule has 3 heteroatoms. The van der Waals surface area contributed by atoms with Gasteiger partial charge >= 0.3 is 0 Å². The molecule has 0 bridgehead atoms. The smallest absolute Gasteiger partial charge is 0.0844 e. The highest BCUT2D eigenvalue weighted by Crippen LogP contribution is 2.36. The van der Waals surface area contributed by atoms with E-state index < -0.39 is 0 Å². The molecule has 0 aromatic heterocycles. The van der Waals surface area contributed by atoms with E-state index in [4.69, 9.17) is 4.74 Å². The molecule has 1 heterocycles. The third-order valence-corrected chi connectivity index (χ3v) is 3.98. The van der Waals surface area contributed by atoms with Gasteiger partial charge in [-0.15, -0.1) is 11.8 Å². The van der Waals surface area contributed by atoms with Gasteiger partial charge in [0.2, 0.25) is 0 Å². The highest BCUT2D eigenvalue weighted by Gasteiger charge is 2.36. The number of thiol groups is 1. The van der Waals surface area contributed by atoms with Gasteiger partial charge < -0.3 is 4.74 Å². The summed E-state index contributed by atoms with van der Waals surface area (Å²) in [5.41, 5.74) is 1.27. The van der Waals surface area contributed by atoms with E-state index in [1.54, 1.807) is 0 Å². The molecule has 1 aromatic rings. The van der Waals surface area contributed by atoms with Gasteiger partial charge in [-0.2, -0.15) is 12.6 Å². The molecule has 1 saturated heterocycles. The van der Waals surface area contributed by atoms with E-state index in [2.05, 4.69) is 50.7 Å². The molecule has 2 rings (SSSR count). The number of hydrogen-bond acceptors (Lipinski definition) is 3. The van der Waals surface area contributed by atoms with Crippen molar-refractivity contribution in [1.29, 1.82) is 0 Å². The molecule has 0 aliphatic carbocycles. The average Bonchev–Trinajstić information content (AvgIpc) is 2.14. The number of hydrogen-bond donors (Lipinski definition) is 1. The van der Waals surface area contributed by atoms with E-state index in [1.165, 1.54) is 10.5 Å². The van der Waals surface area contributed by atoms with Gasteiger partial charge in [-0.05, 0) is 17.7 Å². The largest absolute Gasteiger partial charge is 0.378 e. The number of thioether (sulfide) groups is 1. The summed E-state index contributed by atoms with van der Waals surface area (Å²) >= 11 is 6.52. The predicted octanol–water partition coefficient (Wildman–Crippen LogP) is 3.34. The minimum atomic E-state index is -0.0406. The summed E-state index contributed by atoms with van der Waals surface area (Å²) in [5, 5.41) is 0.632. The van der Waals surface area contributed by atoms with Crippen LogP contribution in [0.2, 0.25) is 0 Å². The second kappa shape index (κ2) is 4.40. The highest BCUT2D eigenvalue weighted by atomic mass is 32.2. The maximum atomic E-state index is 5.21. The third kappa shape index (κ3) is 2.52. The van der Waals surface area contributed by atoms with Crippen LogP contribution in [0.3, 0.4) is 0 Å². The Balaban J connectivity index is 2.10. The summed E-state index contributed by atoms with van der Waals surface area (Å²) in [6, 6.07) is 8.69. The molecule has 1 aromatic carbocycles. The van der Waals surface area contributed by atoms with Crippen molar-refractivity contribution < 1.29 is 4.74 Å². The van der Waals surface area contributed by atoms with Crippen molar-refractivity contribution in [3.63, 3.8) is 0 Å². The van der Waals surface area contributed by atoms with Crippen molar-refractivity contribution in [2.45, 2.75) is 28.7 Å². The molecule has 0 saturated carbocycles. The SMILES string of the molecule is CC(C)Sc1ccc(C2(S)COC2)cc1. The first-order chi connectivity index (χ1) is 7.10. The zero-order valence-electron chi connectivity index (χ0n) is 9.06. The van der Waals surface area contributed by atoms with E-state index in [-0.39, 0.29) is 4.75 Å². The molecule has 82 valence electrons. The number of rotatable bonds is 3. The van der Waals surface area contributed by atoms with Crippen LogP contribution in [0.4, 0.5) is 0 Å². The Labute approximate surface area is 101 Å². The van der Waals surface area contributed by atoms with E-state index in [1.807, 2.05) is 11.8 Å². The number of benzene rings is 1. The van der Waals surface area contributed by atoms with Crippen LogP contribution in [-0.2, 0) is 9.48 Å². The Kier molecular flexibility index (Phi) is 3.33. The molecule has 0 unspecified atom stereocenters. The summed E-state index contributed by atoms with van der Waals surface area (Å²) in [5.74, 6) is 0. The fraction of sp³-hybridized carbons (Fsp3) is 0.500. The van der Waals surface area contributed by atoms with Crippen LogP contribution in [0, 0.1) is 0 Å². The van der Waals surface area contributed by atoms with Gasteiger partial charge in [-0.25, -0.2) is 0 Å². The molecule has 0 radical (unpaired) electrons. The highest BCUT2D eigenvalue weighted by molar-refractivity contribution is 7.99. The minimum absolute atomic E-state index is 0.0406. The molecule has 0 spiro atoms. The molecule has 1 nitrogen and oxygen atoms in total. The monoisotopic (exact) mass is 240 g/mol. The molecule has 1 aliphatic rings. The second-order valence-corrected chi connectivity index (χ2v) is 6.72. The van der Waals surface area contributed by atoms with Gasteiger partial charge in [0.1, 0.15) is 0 Å². The Morgan fingerprint density at radius 1 is 1.27 bits per heavy atom. The summed E-state index contributed by atoms with van der Waals surface area (Å²) < 4.78 is 5.16. The van der Waals surface area contributed by atoms with Gasteiger partial charge in [-0.3, -0.25) is 0 Å². The average molecular weight is 240 g/mol. The van der Waals surface area contributed by atoms with Crippen molar-refractivity contribution in [3.8, 4) is 0 Å². The number of ether oxygens (including phenoxy) is 1. The fourth-order valence-electron chi connectivity index (χ4n) is 1.58. The van der Waals surface area contributed by atoms with Crippen molar-refractivity contribution in [2.75, 3.05) is 13.2 Å². The van der Waals surface area contributed by atoms with Crippen LogP contribution in [-0.4, -0.2) is 18.5 Å². The molecule has 15 heavy (non-hydrogen) atoms. The third-order valence-electron chi connectivity index (χ3n) is 2.45. The van der Waals surface area contributed by atoms with Crippen LogP contribution < -0.4 is 0 Å². The van der Waals surface area contributed by atoms with E-state index in [0.717, 1.165) is 13.2 Å². The van der Waals surface area contributed by atoms with Gasteiger partial charge in [0.15, 0.2) is 0 Å². The zero-order valence-corrected chi connectivity index (χ0v) is 10.8. The molecule has 0 amide bonds. The van der Waals surface area contributed by atoms with Crippen molar-refractivity contribution in [2.24, 2.45) is 0 Å². The van der Waals surface area contributed by atoms with E-state index in [0.29, 0.717) is 5.25 Å². The second-order valence-electron chi connectivity index (χ2n) is 4.22. The Bertz CT molecular complexity index is 328. The van der Waals surface area contributed by atoms with Crippen LogP contribution in [0.15, 0.2) is 29.2 Å². The maximum absolute atomic E-state index is 5.21. The quantitative estimate of drug-likeness (QED) is 0.641. The van der Waals surface area contributed by atoms with Crippen LogP contribution in [0.1, 0.15) is 19.4 Å². The molecule has 1 fully saturated rings. The standard InChI is InChI=1S/C12H16OS2/c1-9(2)15-11-5-3-10(4-6-11)12(14)7-13-8-12/h3-6,9,14H,7-8H2,1-2H3. The summed E-state index contributed by atoms with van der Waals surface area (Å²) in [6.07, 6.45) is 0. The summed E-state index contributed by atoms with van der Waals surface area (Å²) in [4.78, 5) is 1.32. The normalized spacial score (nSPS) is 18.9. The van der Waals surface area contributed by atoms with Crippen molar-refractivity contribution >= 4 is 24.4 Å². The first kappa shape index (κ1) is 11.4. The Morgan fingerprint density at radius 2 is 1.87 bits per heavy atom. The van der Waals surface area contributed by atoms with Crippen LogP contribution in [0.25, 0.3) is 0 Å². The first-order valence-electron chi connectivity index (χ1n) is 5.17. The summed E-state index contributed by atoms with van der Waals surface area (Å²) in [7, 11) is 0. The fourth-order valence-corrected chi connectivity index (χ4v) is 2.75. The maximum Gasteiger partial charge on any atom is 0.0844 e. The van der Waals surface area contributed by atoms with E-state index >= 15 is 0 Å². The lowest BCUT2D eigenvalue weighted by Crippen LogP contribution is -2.41. The van der Waals surface area contributed by atoms with Crippen LogP contribution >= 0.6 is 24.4 Å². The van der Waals surface area contributed by atoms with Crippen molar-refractivity contribution in [3.05, 3.63) is 29.8 Å². The zero-order chi connectivity index (χ0) is 10.9. The lowest BCUT2D eigenvalue weighted by molar-refractivity contribution is -0.00971. The lowest BCUT2D eigenvalue weighted by Gasteiger charge is -2.37. The molecular formula is C12H16OS2. The lowest BCUT2D eigenvalue weighted by atomic mass is 9.96. The molecule has 0 atom stereocenters. The Hall–Kier alpha value is -0.120.